The Hall–Kier alpha value is -4.19. The molecule has 244 valence electrons. The van der Waals surface area contributed by atoms with Crippen LogP contribution in [-0.2, 0) is 34.0 Å². The van der Waals surface area contributed by atoms with Crippen LogP contribution in [-0.4, -0.2) is 84.2 Å². The van der Waals surface area contributed by atoms with Gasteiger partial charge in [-0.15, -0.1) is 0 Å². The van der Waals surface area contributed by atoms with Crippen molar-refractivity contribution < 1.29 is 27.8 Å². The number of imidazole rings is 1. The van der Waals surface area contributed by atoms with E-state index < -0.39 is 21.1 Å². The lowest BCUT2D eigenvalue weighted by atomic mass is 10.0. The topological polar surface area (TPSA) is 125 Å². The summed E-state index contributed by atoms with van der Waals surface area (Å²) < 4.78 is 45.6. The number of halogens is 2. The van der Waals surface area contributed by atoms with Gasteiger partial charge in [0.15, 0.2) is 0 Å². The SMILES string of the molecule is Cc1cccc2c(=O)n(CC(=O)N3CCOCC3)nc(Cc3nc4cc(OCC(F)F)c(C#N)cc4n3COCC[Si](C)(C)C)c12. The summed E-state index contributed by atoms with van der Waals surface area (Å²) in [7, 11) is -1.37. The molecule has 0 spiro atoms. The molecule has 14 heteroatoms. The molecule has 0 atom stereocenters. The summed E-state index contributed by atoms with van der Waals surface area (Å²) in [5, 5.41) is 15.6. The van der Waals surface area contributed by atoms with E-state index in [0.717, 1.165) is 11.6 Å². The summed E-state index contributed by atoms with van der Waals surface area (Å²) in [6.07, 6.45) is -2.54. The van der Waals surface area contributed by atoms with Crippen LogP contribution in [0.15, 0.2) is 35.1 Å². The van der Waals surface area contributed by atoms with Crippen LogP contribution in [0.1, 0.15) is 22.6 Å². The Kier molecular flexibility index (Phi) is 10.1. The van der Waals surface area contributed by atoms with E-state index in [9.17, 15) is 23.6 Å². The number of nitriles is 1. The minimum absolute atomic E-state index is 0.0146. The van der Waals surface area contributed by atoms with Crippen molar-refractivity contribution in [1.29, 1.82) is 5.26 Å². The van der Waals surface area contributed by atoms with Gasteiger partial charge < -0.3 is 23.7 Å². The zero-order valence-corrected chi connectivity index (χ0v) is 27.5. The van der Waals surface area contributed by atoms with Gasteiger partial charge in [-0.25, -0.2) is 18.4 Å². The largest absolute Gasteiger partial charge is 0.486 e. The third kappa shape index (κ3) is 7.60. The van der Waals surface area contributed by atoms with Crippen molar-refractivity contribution in [3.63, 3.8) is 0 Å². The second kappa shape index (κ2) is 14.1. The molecule has 1 saturated heterocycles. The number of amides is 1. The van der Waals surface area contributed by atoms with Crippen LogP contribution >= 0.6 is 0 Å². The Bertz CT molecular complexity index is 1840. The molecule has 4 aromatic rings. The van der Waals surface area contributed by atoms with Crippen LogP contribution in [0.25, 0.3) is 21.8 Å². The number of alkyl halides is 2. The van der Waals surface area contributed by atoms with Crippen LogP contribution in [0.3, 0.4) is 0 Å². The molecule has 1 fully saturated rings. The molecule has 11 nitrogen and oxygen atoms in total. The standard InChI is InChI=1S/C32H38F2N6O5Si/c1-21-6-5-7-23-31(21)25(37-40(32(23)42)18-30(41)38-8-10-43-11-9-38)16-29-36-24-15-27(45-19-28(33)34)22(17-35)14-26(24)39(29)20-44-12-13-46(2,3)4/h5-7,14-15,28H,8-13,16,18-20H2,1-4H3. The molecule has 5 rings (SSSR count). The molecule has 1 amide bonds. The predicted octanol–water partition coefficient (Wildman–Crippen LogP) is 4.33. The highest BCUT2D eigenvalue weighted by Crippen LogP contribution is 2.29. The summed E-state index contributed by atoms with van der Waals surface area (Å²) in [6.45, 7) is 10.0. The number of aryl methyl sites for hydroxylation is 1. The Balaban J connectivity index is 1.58. The summed E-state index contributed by atoms with van der Waals surface area (Å²) in [4.78, 5) is 33.2. The highest BCUT2D eigenvalue weighted by molar-refractivity contribution is 6.76. The summed E-state index contributed by atoms with van der Waals surface area (Å²) in [5.41, 5.74) is 2.11. The molecular weight excluding hydrogens is 614 g/mol. The van der Waals surface area contributed by atoms with Gasteiger partial charge in [0.2, 0.25) is 5.91 Å². The van der Waals surface area contributed by atoms with Crippen molar-refractivity contribution in [2.75, 3.05) is 39.5 Å². The second-order valence-electron chi connectivity index (χ2n) is 12.5. The van der Waals surface area contributed by atoms with E-state index in [1.54, 1.807) is 23.1 Å². The van der Waals surface area contributed by atoms with Gasteiger partial charge in [0, 0.05) is 39.2 Å². The molecule has 46 heavy (non-hydrogen) atoms. The van der Waals surface area contributed by atoms with Gasteiger partial charge in [0.25, 0.3) is 12.0 Å². The van der Waals surface area contributed by atoms with Gasteiger partial charge in [-0.2, -0.15) is 10.4 Å². The fourth-order valence-electron chi connectivity index (χ4n) is 5.41. The van der Waals surface area contributed by atoms with Gasteiger partial charge in [0.05, 0.1) is 47.3 Å². The maximum Gasteiger partial charge on any atom is 0.275 e. The predicted molar refractivity (Wildman–Crippen MR) is 171 cm³/mol. The Labute approximate surface area is 266 Å². The molecule has 0 saturated carbocycles. The maximum absolute atomic E-state index is 13.6. The lowest BCUT2D eigenvalue weighted by Crippen LogP contribution is -2.44. The van der Waals surface area contributed by atoms with E-state index in [-0.39, 0.29) is 42.5 Å². The van der Waals surface area contributed by atoms with Crippen LogP contribution in [0, 0.1) is 18.3 Å². The molecule has 0 N–H and O–H groups in total. The van der Waals surface area contributed by atoms with E-state index in [1.807, 2.05) is 23.6 Å². The molecule has 2 aromatic heterocycles. The lowest BCUT2D eigenvalue weighted by molar-refractivity contribution is -0.136. The van der Waals surface area contributed by atoms with E-state index in [2.05, 4.69) is 19.6 Å². The van der Waals surface area contributed by atoms with Crippen LogP contribution in [0.2, 0.25) is 25.7 Å². The zero-order valence-electron chi connectivity index (χ0n) is 26.5. The lowest BCUT2D eigenvalue weighted by Gasteiger charge is -2.27. The molecule has 0 bridgehead atoms. The Morgan fingerprint density at radius 3 is 2.65 bits per heavy atom. The second-order valence-corrected chi connectivity index (χ2v) is 18.2. The first-order valence-corrected chi connectivity index (χ1v) is 18.9. The number of hydrogen-bond acceptors (Lipinski definition) is 8. The number of carbonyl (C=O) groups excluding carboxylic acids is 1. The van der Waals surface area contributed by atoms with Crippen molar-refractivity contribution >= 4 is 35.8 Å². The highest BCUT2D eigenvalue weighted by Gasteiger charge is 2.23. The minimum atomic E-state index is -2.71. The van der Waals surface area contributed by atoms with E-state index in [1.165, 1.54) is 10.7 Å². The van der Waals surface area contributed by atoms with Crippen molar-refractivity contribution in [2.24, 2.45) is 0 Å². The summed E-state index contributed by atoms with van der Waals surface area (Å²) >= 11 is 0. The monoisotopic (exact) mass is 652 g/mol. The average Bonchev–Trinajstić information content (AvgIpc) is 3.35. The van der Waals surface area contributed by atoms with Gasteiger partial charge >= 0.3 is 0 Å². The van der Waals surface area contributed by atoms with Gasteiger partial charge in [-0.1, -0.05) is 31.8 Å². The van der Waals surface area contributed by atoms with Crippen molar-refractivity contribution in [3.05, 3.63) is 63.3 Å². The first-order chi connectivity index (χ1) is 21.9. The van der Waals surface area contributed by atoms with Crippen LogP contribution in [0.4, 0.5) is 8.78 Å². The molecule has 1 aliphatic heterocycles. The van der Waals surface area contributed by atoms with Crippen LogP contribution < -0.4 is 10.3 Å². The third-order valence-corrected chi connectivity index (χ3v) is 9.58. The number of morpholine rings is 1. The molecule has 0 unspecified atom stereocenters. The number of ether oxygens (including phenoxy) is 3. The molecule has 3 heterocycles. The third-order valence-electron chi connectivity index (χ3n) is 7.87. The van der Waals surface area contributed by atoms with Crippen LogP contribution in [0.5, 0.6) is 5.75 Å². The Morgan fingerprint density at radius 1 is 1.20 bits per heavy atom. The van der Waals surface area contributed by atoms with Gasteiger partial charge in [0.1, 0.15) is 37.5 Å². The summed E-state index contributed by atoms with van der Waals surface area (Å²) in [6, 6.07) is 11.4. The Morgan fingerprint density at radius 2 is 1.96 bits per heavy atom. The first kappa shape index (κ1) is 33.2. The number of aromatic nitrogens is 4. The van der Waals surface area contributed by atoms with E-state index >= 15 is 0 Å². The van der Waals surface area contributed by atoms with Crippen molar-refractivity contribution in [3.8, 4) is 11.8 Å². The molecule has 2 aromatic carbocycles. The van der Waals surface area contributed by atoms with Gasteiger partial charge in [-0.05, 0) is 30.7 Å². The first-order valence-electron chi connectivity index (χ1n) is 15.2. The fraction of sp³-hybridized carbons (Fsp3) is 0.469. The average molecular weight is 653 g/mol. The summed E-state index contributed by atoms with van der Waals surface area (Å²) in [5.74, 6) is 0.319. The molecular formula is C32H38F2N6O5Si. The fourth-order valence-corrected chi connectivity index (χ4v) is 6.16. The highest BCUT2D eigenvalue weighted by atomic mass is 28.3. The van der Waals surface area contributed by atoms with E-state index in [0.29, 0.717) is 66.2 Å². The number of fused-ring (bicyclic) bond motifs is 2. The number of nitrogens with zero attached hydrogens (tertiary/aromatic N) is 6. The van der Waals surface area contributed by atoms with Crippen molar-refractivity contribution in [2.45, 2.75) is 58.7 Å². The molecule has 0 aliphatic carbocycles. The zero-order chi connectivity index (χ0) is 33.0. The molecule has 0 radical (unpaired) electrons. The number of rotatable bonds is 12. The van der Waals surface area contributed by atoms with Gasteiger partial charge in [-0.3, -0.25) is 9.59 Å². The normalized spacial score (nSPS) is 13.9. The number of carbonyl (C=O) groups is 1. The maximum atomic E-state index is 13.6. The smallest absolute Gasteiger partial charge is 0.275 e. The number of benzene rings is 2. The van der Waals surface area contributed by atoms with Crippen molar-refractivity contribution in [1.82, 2.24) is 24.2 Å². The van der Waals surface area contributed by atoms with E-state index in [4.69, 9.17) is 24.3 Å². The number of hydrogen-bond donors (Lipinski definition) is 0. The minimum Gasteiger partial charge on any atom is -0.486 e. The quantitative estimate of drug-likeness (QED) is 0.164. The molecule has 1 aliphatic rings.